The smallest absolute Gasteiger partial charge is 0.240 e. The van der Waals surface area contributed by atoms with Gasteiger partial charge in [-0.1, -0.05) is 22.9 Å². The van der Waals surface area contributed by atoms with E-state index in [0.29, 0.717) is 0 Å². The lowest BCUT2D eigenvalue weighted by molar-refractivity contribution is -0.120. The number of carbonyl (C=O) groups excluding carboxylic acids is 1. The van der Waals surface area contributed by atoms with Gasteiger partial charge in [0.05, 0.1) is 10.6 Å². The maximum atomic E-state index is 12.0. The summed E-state index contributed by atoms with van der Waals surface area (Å²) in [4.78, 5) is 11.6. The molecule has 0 radical (unpaired) electrons. The number of carbonyl (C=O) groups is 1. The van der Waals surface area contributed by atoms with E-state index >= 15 is 0 Å². The van der Waals surface area contributed by atoms with Crippen LogP contribution in [0.2, 0.25) is 0 Å². The van der Waals surface area contributed by atoms with Gasteiger partial charge in [-0.2, -0.15) is 0 Å². The van der Waals surface area contributed by atoms with E-state index in [2.05, 4.69) is 26.0 Å². The van der Waals surface area contributed by atoms with Crippen molar-refractivity contribution in [1.82, 2.24) is 10.0 Å². The zero-order chi connectivity index (χ0) is 17.5. The number of sulfone groups is 1. The maximum absolute atomic E-state index is 12.0. The largest absolute Gasteiger partial charge is 0.355 e. The van der Waals surface area contributed by atoms with Crippen LogP contribution in [0.1, 0.15) is 13.3 Å². The van der Waals surface area contributed by atoms with Crippen molar-refractivity contribution >= 4 is 41.7 Å². The Labute approximate surface area is 145 Å². The molecule has 0 heterocycles. The molecule has 0 unspecified atom stereocenters. The average Bonchev–Trinajstić information content (AvgIpc) is 2.47. The normalized spacial score (nSPS) is 12.1. The minimum Gasteiger partial charge on any atom is -0.355 e. The zero-order valence-electron chi connectivity index (χ0n) is 12.6. The van der Waals surface area contributed by atoms with Crippen LogP contribution in [0, 0.1) is 0 Å². The topological polar surface area (TPSA) is 109 Å². The predicted octanol–water partition coefficient (Wildman–Crippen LogP) is 0.668. The molecule has 0 aliphatic heterocycles. The van der Waals surface area contributed by atoms with Gasteiger partial charge in [0.1, 0.15) is 0 Å². The molecule has 1 amide bonds. The molecule has 0 aliphatic rings. The highest BCUT2D eigenvalue weighted by Crippen LogP contribution is 2.14. The molecule has 1 aromatic rings. The number of nitrogens with one attached hydrogen (secondary N) is 2. The molecular weight excluding hydrogens is 408 g/mol. The van der Waals surface area contributed by atoms with E-state index in [1.165, 1.54) is 19.1 Å². The van der Waals surface area contributed by atoms with Crippen LogP contribution in [0.3, 0.4) is 0 Å². The minimum atomic E-state index is -3.67. The average molecular weight is 427 g/mol. The van der Waals surface area contributed by atoms with Crippen molar-refractivity contribution in [3.05, 3.63) is 28.7 Å². The first kappa shape index (κ1) is 20.1. The first-order valence-corrected chi connectivity index (χ1v) is 11.0. The Morgan fingerprint density at radius 1 is 1.09 bits per heavy atom. The Morgan fingerprint density at radius 3 is 2.26 bits per heavy atom. The van der Waals surface area contributed by atoms with Crippen LogP contribution in [-0.2, 0) is 24.7 Å². The Bertz CT molecular complexity index is 730. The van der Waals surface area contributed by atoms with Gasteiger partial charge in [-0.25, -0.2) is 21.6 Å². The molecule has 0 spiro atoms. The quantitative estimate of drug-likeness (QED) is 0.602. The molecular formula is C13H19BrN2O5S2. The fourth-order valence-corrected chi connectivity index (χ4v) is 3.57. The predicted molar refractivity (Wildman–Crippen MR) is 91.3 cm³/mol. The van der Waals surface area contributed by atoms with Crippen molar-refractivity contribution in [2.75, 3.05) is 24.6 Å². The van der Waals surface area contributed by atoms with Crippen molar-refractivity contribution < 1.29 is 21.6 Å². The SMILES string of the molecule is CCS(=O)(=O)CCNC(=O)CCNS(=O)(=O)c1ccc(Br)cc1. The number of halogens is 1. The number of benzene rings is 1. The van der Waals surface area contributed by atoms with Crippen molar-refractivity contribution in [1.29, 1.82) is 0 Å². The van der Waals surface area contributed by atoms with Crippen molar-refractivity contribution in [3.63, 3.8) is 0 Å². The lowest BCUT2D eigenvalue weighted by Gasteiger charge is -2.08. The second-order valence-electron chi connectivity index (χ2n) is 4.69. The molecule has 0 atom stereocenters. The molecule has 0 aliphatic carbocycles. The van der Waals surface area contributed by atoms with Gasteiger partial charge < -0.3 is 5.32 Å². The molecule has 1 rings (SSSR count). The first-order valence-electron chi connectivity index (χ1n) is 6.88. The summed E-state index contributed by atoms with van der Waals surface area (Å²) in [7, 11) is -6.80. The summed E-state index contributed by atoms with van der Waals surface area (Å²) in [6.45, 7) is 1.49. The molecule has 1 aromatic carbocycles. The third-order valence-corrected chi connectivity index (χ3v) is 6.65. The molecule has 0 aromatic heterocycles. The van der Waals surface area contributed by atoms with E-state index in [9.17, 15) is 21.6 Å². The molecule has 0 saturated carbocycles. The Hall–Kier alpha value is -0.970. The zero-order valence-corrected chi connectivity index (χ0v) is 15.8. The summed E-state index contributed by atoms with van der Waals surface area (Å²) < 4.78 is 49.5. The second-order valence-corrected chi connectivity index (χ2v) is 9.84. The van der Waals surface area contributed by atoms with Crippen molar-refractivity contribution in [3.8, 4) is 0 Å². The Kier molecular flexibility index (Phi) is 7.65. The molecule has 10 heteroatoms. The summed E-state index contributed by atoms with van der Waals surface area (Å²) in [5, 5.41) is 2.45. The standard InChI is InChI=1S/C13H19BrN2O5S2/c1-2-22(18,19)10-9-15-13(17)7-8-16-23(20,21)12-5-3-11(14)4-6-12/h3-6,16H,2,7-10H2,1H3,(H,15,17). The van der Waals surface area contributed by atoms with Crippen LogP contribution >= 0.6 is 15.9 Å². The highest BCUT2D eigenvalue weighted by Gasteiger charge is 2.14. The lowest BCUT2D eigenvalue weighted by atomic mass is 10.4. The maximum Gasteiger partial charge on any atom is 0.240 e. The monoisotopic (exact) mass is 426 g/mol. The van der Waals surface area contributed by atoms with Crippen LogP contribution in [0.5, 0.6) is 0 Å². The van der Waals surface area contributed by atoms with Gasteiger partial charge in [-0.05, 0) is 24.3 Å². The number of hydrogen-bond acceptors (Lipinski definition) is 5. The van der Waals surface area contributed by atoms with Crippen molar-refractivity contribution in [2.24, 2.45) is 0 Å². The van der Waals surface area contributed by atoms with Gasteiger partial charge in [-0.15, -0.1) is 0 Å². The van der Waals surface area contributed by atoms with Gasteiger partial charge in [0, 0.05) is 29.7 Å². The lowest BCUT2D eigenvalue weighted by Crippen LogP contribution is -2.33. The number of hydrogen-bond donors (Lipinski definition) is 2. The molecule has 0 fully saturated rings. The van der Waals surface area contributed by atoms with E-state index in [1.54, 1.807) is 12.1 Å². The van der Waals surface area contributed by atoms with E-state index in [0.717, 1.165) is 4.47 Å². The van der Waals surface area contributed by atoms with Crippen LogP contribution in [0.4, 0.5) is 0 Å². The molecule has 23 heavy (non-hydrogen) atoms. The van der Waals surface area contributed by atoms with Crippen molar-refractivity contribution in [2.45, 2.75) is 18.2 Å². The van der Waals surface area contributed by atoms with Crippen LogP contribution in [0.25, 0.3) is 0 Å². The van der Waals surface area contributed by atoms with E-state index in [1.807, 2.05) is 0 Å². The molecule has 0 bridgehead atoms. The van der Waals surface area contributed by atoms with Gasteiger partial charge in [0.15, 0.2) is 9.84 Å². The van der Waals surface area contributed by atoms with E-state index in [4.69, 9.17) is 0 Å². The summed E-state index contributed by atoms with van der Waals surface area (Å²) in [6, 6.07) is 6.11. The Balaban J connectivity index is 2.38. The fraction of sp³-hybridized carbons (Fsp3) is 0.462. The molecule has 0 saturated heterocycles. The molecule has 2 N–H and O–H groups in total. The van der Waals surface area contributed by atoms with Crippen LogP contribution < -0.4 is 10.0 Å². The second kappa shape index (κ2) is 8.76. The Morgan fingerprint density at radius 2 is 1.70 bits per heavy atom. The molecule has 7 nitrogen and oxygen atoms in total. The highest BCUT2D eigenvalue weighted by molar-refractivity contribution is 9.10. The third-order valence-electron chi connectivity index (χ3n) is 2.94. The number of rotatable bonds is 9. The first-order chi connectivity index (χ1) is 10.7. The van der Waals surface area contributed by atoms with Gasteiger partial charge in [0.25, 0.3) is 0 Å². The van der Waals surface area contributed by atoms with Crippen LogP contribution in [0.15, 0.2) is 33.6 Å². The van der Waals surface area contributed by atoms with Crippen LogP contribution in [-0.4, -0.2) is 47.3 Å². The summed E-state index contributed by atoms with van der Waals surface area (Å²) in [5.41, 5.74) is 0. The highest BCUT2D eigenvalue weighted by atomic mass is 79.9. The van der Waals surface area contributed by atoms with Gasteiger partial charge >= 0.3 is 0 Å². The van der Waals surface area contributed by atoms with E-state index in [-0.39, 0.29) is 35.9 Å². The summed E-state index contributed by atoms with van der Waals surface area (Å²) >= 11 is 3.22. The number of amides is 1. The minimum absolute atomic E-state index is 0.0223. The van der Waals surface area contributed by atoms with Gasteiger partial charge in [0.2, 0.25) is 15.9 Å². The third kappa shape index (κ3) is 7.42. The number of sulfonamides is 1. The van der Waals surface area contributed by atoms with E-state index < -0.39 is 25.8 Å². The van der Waals surface area contributed by atoms with Gasteiger partial charge in [-0.3, -0.25) is 4.79 Å². The summed E-state index contributed by atoms with van der Waals surface area (Å²) in [6.07, 6.45) is -0.0675. The fourth-order valence-electron chi connectivity index (χ4n) is 1.57. The summed E-state index contributed by atoms with van der Waals surface area (Å²) in [5.74, 6) is -0.509. The molecule has 130 valence electrons.